The minimum absolute atomic E-state index is 0.235. The summed E-state index contributed by atoms with van der Waals surface area (Å²) in [4.78, 5) is 0.869. The smallest absolute Gasteiger partial charge is 0.250 e. The molecule has 1 saturated carbocycles. The number of thiophene rings is 1. The minimum atomic E-state index is -3.44. The van der Waals surface area contributed by atoms with Crippen LogP contribution in [0.3, 0.4) is 0 Å². The van der Waals surface area contributed by atoms with E-state index in [1.165, 1.54) is 19.3 Å². The fraction of sp³-hybridized carbons (Fsp3) is 0.643. The third-order valence-corrected chi connectivity index (χ3v) is 7.58. The topological polar surface area (TPSA) is 72.2 Å². The van der Waals surface area contributed by atoms with Gasteiger partial charge in [0.1, 0.15) is 9.20 Å². The number of hydrogen-bond donors (Lipinski definition) is 2. The zero-order valence-corrected chi connectivity index (χ0v) is 14.6. The van der Waals surface area contributed by atoms with Crippen LogP contribution < -0.4 is 10.5 Å². The standard InChI is InChI=1S/C14H22N2O2S3/c1-2-10-3-5-11(6-4-10)9-16-21(17,18)13-8-7-12(20-13)14(15)19/h7-8,10-11,16H,2-6,9H2,1H3,(H2,15,19). The van der Waals surface area contributed by atoms with E-state index in [9.17, 15) is 8.42 Å². The third kappa shape index (κ3) is 4.48. The first kappa shape index (κ1) is 16.9. The van der Waals surface area contributed by atoms with Crippen molar-refractivity contribution in [2.24, 2.45) is 17.6 Å². The van der Waals surface area contributed by atoms with Crippen LogP contribution >= 0.6 is 23.6 Å². The van der Waals surface area contributed by atoms with Crippen molar-refractivity contribution in [3.8, 4) is 0 Å². The normalized spacial score (nSPS) is 23.1. The maximum atomic E-state index is 12.2. The summed E-state index contributed by atoms with van der Waals surface area (Å²) in [7, 11) is -3.44. The molecule has 7 heteroatoms. The van der Waals surface area contributed by atoms with Gasteiger partial charge in [0.25, 0.3) is 0 Å². The van der Waals surface area contributed by atoms with Gasteiger partial charge in [-0.2, -0.15) is 0 Å². The molecule has 0 spiro atoms. The van der Waals surface area contributed by atoms with Crippen LogP contribution in [0.1, 0.15) is 43.9 Å². The van der Waals surface area contributed by atoms with E-state index >= 15 is 0 Å². The minimum Gasteiger partial charge on any atom is -0.389 e. The van der Waals surface area contributed by atoms with E-state index in [2.05, 4.69) is 11.6 Å². The molecule has 1 aromatic heterocycles. The van der Waals surface area contributed by atoms with Crippen LogP contribution in [0.15, 0.2) is 16.3 Å². The summed E-state index contributed by atoms with van der Waals surface area (Å²) in [6.45, 7) is 2.75. The van der Waals surface area contributed by atoms with Crippen LogP contribution in [-0.2, 0) is 10.0 Å². The third-order valence-electron chi connectivity index (χ3n) is 4.19. The van der Waals surface area contributed by atoms with Crippen LogP contribution in [-0.4, -0.2) is 20.0 Å². The predicted octanol–water partition coefficient (Wildman–Crippen LogP) is 2.88. The van der Waals surface area contributed by atoms with Crippen molar-refractivity contribution in [2.75, 3.05) is 6.54 Å². The molecule has 0 aromatic carbocycles. The lowest BCUT2D eigenvalue weighted by Crippen LogP contribution is -2.31. The Balaban J connectivity index is 1.91. The molecule has 0 atom stereocenters. The van der Waals surface area contributed by atoms with Gasteiger partial charge in [0.15, 0.2) is 0 Å². The maximum Gasteiger partial charge on any atom is 0.250 e. The Morgan fingerprint density at radius 3 is 2.48 bits per heavy atom. The van der Waals surface area contributed by atoms with Gasteiger partial charge in [-0.1, -0.05) is 38.4 Å². The number of rotatable bonds is 6. The molecule has 4 nitrogen and oxygen atoms in total. The summed E-state index contributed by atoms with van der Waals surface area (Å²) >= 11 is 5.98. The van der Waals surface area contributed by atoms with E-state index in [1.807, 2.05) is 0 Å². The predicted molar refractivity (Wildman–Crippen MR) is 91.1 cm³/mol. The Morgan fingerprint density at radius 1 is 1.33 bits per heavy atom. The highest BCUT2D eigenvalue weighted by atomic mass is 32.2. The van der Waals surface area contributed by atoms with Crippen LogP contribution in [0.2, 0.25) is 0 Å². The van der Waals surface area contributed by atoms with E-state index in [1.54, 1.807) is 12.1 Å². The summed E-state index contributed by atoms with van der Waals surface area (Å²) in [6.07, 6.45) is 5.89. The van der Waals surface area contributed by atoms with Crippen molar-refractivity contribution in [2.45, 2.75) is 43.2 Å². The number of nitrogens with two attached hydrogens (primary N) is 1. The highest BCUT2D eigenvalue weighted by Crippen LogP contribution is 2.30. The van der Waals surface area contributed by atoms with Gasteiger partial charge in [0, 0.05) is 6.54 Å². The van der Waals surface area contributed by atoms with Crippen molar-refractivity contribution >= 4 is 38.6 Å². The Bertz CT molecular complexity index is 587. The van der Waals surface area contributed by atoms with Gasteiger partial charge in [0.2, 0.25) is 10.0 Å². The molecule has 1 aliphatic carbocycles. The average molecular weight is 347 g/mol. The molecule has 1 fully saturated rings. The molecule has 0 aliphatic heterocycles. The molecule has 1 aromatic rings. The second kappa shape index (κ2) is 7.17. The molecule has 0 radical (unpaired) electrons. The number of sulfonamides is 1. The van der Waals surface area contributed by atoms with Gasteiger partial charge in [-0.25, -0.2) is 13.1 Å². The molecule has 0 amide bonds. The lowest BCUT2D eigenvalue weighted by molar-refractivity contribution is 0.270. The van der Waals surface area contributed by atoms with E-state index < -0.39 is 10.0 Å². The zero-order chi connectivity index (χ0) is 15.5. The molecule has 118 valence electrons. The van der Waals surface area contributed by atoms with Crippen molar-refractivity contribution in [1.29, 1.82) is 0 Å². The largest absolute Gasteiger partial charge is 0.389 e. The molecule has 1 aliphatic rings. The number of hydrogen-bond acceptors (Lipinski definition) is 4. The summed E-state index contributed by atoms with van der Waals surface area (Å²) in [5.41, 5.74) is 5.51. The molecule has 2 rings (SSSR count). The van der Waals surface area contributed by atoms with Gasteiger partial charge < -0.3 is 5.73 Å². The first-order chi connectivity index (χ1) is 9.92. The van der Waals surface area contributed by atoms with E-state index in [0.717, 1.165) is 30.1 Å². The molecular weight excluding hydrogens is 324 g/mol. The highest BCUT2D eigenvalue weighted by Gasteiger charge is 2.23. The molecular formula is C14H22N2O2S3. The van der Waals surface area contributed by atoms with E-state index in [-0.39, 0.29) is 9.20 Å². The Morgan fingerprint density at radius 2 is 1.95 bits per heavy atom. The van der Waals surface area contributed by atoms with Crippen molar-refractivity contribution in [1.82, 2.24) is 4.72 Å². The van der Waals surface area contributed by atoms with Crippen LogP contribution in [0.4, 0.5) is 0 Å². The molecule has 3 N–H and O–H groups in total. The Labute approximate surface area is 136 Å². The summed E-state index contributed by atoms with van der Waals surface area (Å²) in [5, 5.41) is 0. The highest BCUT2D eigenvalue weighted by molar-refractivity contribution is 7.91. The summed E-state index contributed by atoms with van der Waals surface area (Å²) < 4.78 is 27.5. The van der Waals surface area contributed by atoms with Gasteiger partial charge in [-0.05, 0) is 36.8 Å². The lowest BCUT2D eigenvalue weighted by atomic mass is 9.81. The second-order valence-corrected chi connectivity index (χ2v) is 9.15. The quantitative estimate of drug-likeness (QED) is 0.777. The van der Waals surface area contributed by atoms with E-state index in [4.69, 9.17) is 18.0 Å². The SMILES string of the molecule is CCC1CCC(CNS(=O)(=O)c2ccc(C(N)=S)s2)CC1. The van der Waals surface area contributed by atoms with Gasteiger partial charge in [0.05, 0.1) is 4.88 Å². The maximum absolute atomic E-state index is 12.2. The van der Waals surface area contributed by atoms with Gasteiger partial charge >= 0.3 is 0 Å². The van der Waals surface area contributed by atoms with E-state index in [0.29, 0.717) is 17.3 Å². The van der Waals surface area contributed by atoms with Crippen molar-refractivity contribution in [3.05, 3.63) is 17.0 Å². The fourth-order valence-electron chi connectivity index (χ4n) is 2.74. The fourth-order valence-corrected chi connectivity index (χ4v) is 5.25. The Kier molecular flexibility index (Phi) is 5.76. The first-order valence-corrected chi connectivity index (χ1v) is 10.0. The molecule has 1 heterocycles. The summed E-state index contributed by atoms with van der Waals surface area (Å²) in [6, 6.07) is 3.23. The first-order valence-electron chi connectivity index (χ1n) is 7.31. The summed E-state index contributed by atoms with van der Waals surface area (Å²) in [5.74, 6) is 1.28. The average Bonchev–Trinajstić information content (AvgIpc) is 2.97. The van der Waals surface area contributed by atoms with Crippen LogP contribution in [0, 0.1) is 11.8 Å². The lowest BCUT2D eigenvalue weighted by Gasteiger charge is -2.27. The van der Waals surface area contributed by atoms with Crippen molar-refractivity contribution in [3.63, 3.8) is 0 Å². The molecule has 0 bridgehead atoms. The molecule has 0 unspecified atom stereocenters. The van der Waals surface area contributed by atoms with Gasteiger partial charge in [-0.15, -0.1) is 11.3 Å². The Hall–Kier alpha value is -0.500. The van der Waals surface area contributed by atoms with Crippen LogP contribution in [0.25, 0.3) is 0 Å². The molecule has 0 saturated heterocycles. The monoisotopic (exact) mass is 346 g/mol. The molecule has 21 heavy (non-hydrogen) atoms. The second-order valence-electron chi connectivity index (χ2n) is 5.63. The van der Waals surface area contributed by atoms with Crippen LogP contribution in [0.5, 0.6) is 0 Å². The number of thiocarbonyl (C=S) groups is 1. The van der Waals surface area contributed by atoms with Gasteiger partial charge in [-0.3, -0.25) is 0 Å². The van der Waals surface area contributed by atoms with Crippen molar-refractivity contribution < 1.29 is 8.42 Å². The number of nitrogens with one attached hydrogen (secondary N) is 1. The zero-order valence-electron chi connectivity index (χ0n) is 12.2.